The van der Waals surface area contributed by atoms with Crippen molar-refractivity contribution in [3.05, 3.63) is 18.1 Å². The van der Waals surface area contributed by atoms with Crippen molar-refractivity contribution in [2.45, 2.75) is 32.4 Å². The maximum absolute atomic E-state index is 11.5. The summed E-state index contributed by atoms with van der Waals surface area (Å²) < 4.78 is 23.0. The Kier molecular flexibility index (Phi) is 4.93. The van der Waals surface area contributed by atoms with Crippen molar-refractivity contribution in [3.8, 4) is 0 Å². The molecule has 1 aromatic rings. The molecule has 112 valence electrons. The molecule has 1 aromatic heterocycles. The van der Waals surface area contributed by atoms with E-state index in [2.05, 4.69) is 22.2 Å². The fourth-order valence-electron chi connectivity index (χ4n) is 2.29. The van der Waals surface area contributed by atoms with Crippen LogP contribution in [0.4, 0.5) is 5.82 Å². The zero-order valence-electron chi connectivity index (χ0n) is 12.0. The zero-order valence-corrected chi connectivity index (χ0v) is 12.9. The first-order valence-corrected chi connectivity index (χ1v) is 8.78. The van der Waals surface area contributed by atoms with Gasteiger partial charge in [0.1, 0.15) is 5.82 Å². The van der Waals surface area contributed by atoms with E-state index >= 15 is 0 Å². The summed E-state index contributed by atoms with van der Waals surface area (Å²) in [7, 11) is -0.897. The van der Waals surface area contributed by atoms with Gasteiger partial charge >= 0.3 is 0 Å². The van der Waals surface area contributed by atoms with Crippen LogP contribution < -0.4 is 5.32 Å². The predicted molar refractivity (Wildman–Crippen MR) is 79.3 cm³/mol. The third-order valence-electron chi connectivity index (χ3n) is 3.50. The van der Waals surface area contributed by atoms with Crippen LogP contribution in [0.3, 0.4) is 0 Å². The van der Waals surface area contributed by atoms with Crippen molar-refractivity contribution >= 4 is 15.7 Å². The van der Waals surface area contributed by atoms with Crippen LogP contribution in [0.1, 0.15) is 25.5 Å². The molecule has 6 nitrogen and oxygen atoms in total. The summed E-state index contributed by atoms with van der Waals surface area (Å²) in [4.78, 5) is 10.7. The van der Waals surface area contributed by atoms with Gasteiger partial charge in [0, 0.05) is 19.1 Å². The fraction of sp³-hybridized carbons (Fsp3) is 0.692. The highest BCUT2D eigenvalue weighted by Crippen LogP contribution is 2.17. The van der Waals surface area contributed by atoms with Gasteiger partial charge in [-0.05, 0) is 19.9 Å². The molecule has 2 rings (SSSR count). The summed E-state index contributed by atoms with van der Waals surface area (Å²) in [5, 5.41) is 3.17. The molecule has 0 spiro atoms. The summed E-state index contributed by atoms with van der Waals surface area (Å²) >= 11 is 0. The van der Waals surface area contributed by atoms with Crippen LogP contribution in [-0.4, -0.2) is 54.4 Å². The summed E-state index contributed by atoms with van der Waals surface area (Å²) in [6.45, 7) is 3.61. The van der Waals surface area contributed by atoms with Crippen LogP contribution in [0.15, 0.2) is 12.4 Å². The van der Waals surface area contributed by atoms with Gasteiger partial charge in [0.25, 0.3) is 0 Å². The summed E-state index contributed by atoms with van der Waals surface area (Å²) in [5.41, 5.74) is 0.860. The maximum atomic E-state index is 11.5. The first-order chi connectivity index (χ1) is 9.50. The van der Waals surface area contributed by atoms with Gasteiger partial charge in [-0.1, -0.05) is 6.92 Å². The number of nitrogens with zero attached hydrogens (tertiary/aromatic N) is 3. The molecule has 1 unspecified atom stereocenters. The Morgan fingerprint density at radius 1 is 1.40 bits per heavy atom. The minimum absolute atomic E-state index is 0.0969. The number of aromatic nitrogens is 2. The lowest BCUT2D eigenvalue weighted by atomic mass is 10.2. The van der Waals surface area contributed by atoms with Crippen LogP contribution in [0.2, 0.25) is 0 Å². The van der Waals surface area contributed by atoms with E-state index in [0.29, 0.717) is 18.7 Å². The molecule has 0 radical (unpaired) electrons. The summed E-state index contributed by atoms with van der Waals surface area (Å²) in [6.07, 6.45) is 5.23. The lowest BCUT2D eigenvalue weighted by molar-refractivity contribution is 0.251. The summed E-state index contributed by atoms with van der Waals surface area (Å²) in [5.74, 6) is 1.34. The normalized spacial score (nSPS) is 21.2. The van der Waals surface area contributed by atoms with Gasteiger partial charge in [0.05, 0.1) is 29.6 Å². The van der Waals surface area contributed by atoms with E-state index in [9.17, 15) is 8.42 Å². The molecule has 1 aliphatic rings. The second-order valence-electron chi connectivity index (χ2n) is 5.29. The molecule has 1 fully saturated rings. The molecular formula is C13H22N4O2S. The van der Waals surface area contributed by atoms with Crippen LogP contribution in [0.25, 0.3) is 0 Å². The van der Waals surface area contributed by atoms with Crippen molar-refractivity contribution < 1.29 is 8.42 Å². The fourth-order valence-corrected chi connectivity index (χ4v) is 4.09. The Hall–Kier alpha value is -1.21. The van der Waals surface area contributed by atoms with Gasteiger partial charge in [0.2, 0.25) is 0 Å². The molecule has 1 saturated heterocycles. The van der Waals surface area contributed by atoms with E-state index < -0.39 is 9.84 Å². The SMILES string of the molecule is CCCNc1cnc(CN(C)C2CCS(=O)(=O)C2)cn1. The molecule has 1 N–H and O–H groups in total. The Morgan fingerprint density at radius 3 is 2.75 bits per heavy atom. The first kappa shape index (κ1) is 15.2. The topological polar surface area (TPSA) is 75.2 Å². The quantitative estimate of drug-likeness (QED) is 0.841. The largest absolute Gasteiger partial charge is 0.369 e. The minimum atomic E-state index is -2.84. The van der Waals surface area contributed by atoms with Crippen LogP contribution >= 0.6 is 0 Å². The molecule has 0 amide bonds. The van der Waals surface area contributed by atoms with Gasteiger partial charge in [-0.2, -0.15) is 0 Å². The lowest BCUT2D eigenvalue weighted by Crippen LogP contribution is -2.32. The number of rotatable bonds is 6. The molecule has 20 heavy (non-hydrogen) atoms. The predicted octanol–water partition coefficient (Wildman–Crippen LogP) is 0.917. The third-order valence-corrected chi connectivity index (χ3v) is 5.25. The van der Waals surface area contributed by atoms with Crippen molar-refractivity contribution in [1.29, 1.82) is 0 Å². The minimum Gasteiger partial charge on any atom is -0.369 e. The highest BCUT2D eigenvalue weighted by atomic mass is 32.2. The van der Waals surface area contributed by atoms with Crippen molar-refractivity contribution in [3.63, 3.8) is 0 Å². The van der Waals surface area contributed by atoms with E-state index in [1.807, 2.05) is 11.9 Å². The van der Waals surface area contributed by atoms with Gasteiger partial charge < -0.3 is 5.32 Å². The van der Waals surface area contributed by atoms with Crippen molar-refractivity contribution in [1.82, 2.24) is 14.9 Å². The highest BCUT2D eigenvalue weighted by Gasteiger charge is 2.30. The number of sulfone groups is 1. The number of anilines is 1. The van der Waals surface area contributed by atoms with Gasteiger partial charge in [-0.3, -0.25) is 9.88 Å². The van der Waals surface area contributed by atoms with Crippen molar-refractivity contribution in [2.24, 2.45) is 0 Å². The van der Waals surface area contributed by atoms with E-state index in [-0.39, 0.29) is 11.8 Å². The first-order valence-electron chi connectivity index (χ1n) is 6.95. The molecular weight excluding hydrogens is 276 g/mol. The molecule has 0 bridgehead atoms. The smallest absolute Gasteiger partial charge is 0.151 e. The maximum Gasteiger partial charge on any atom is 0.151 e. The second-order valence-corrected chi connectivity index (χ2v) is 7.52. The molecule has 0 aliphatic carbocycles. The van der Waals surface area contributed by atoms with Crippen LogP contribution in [0.5, 0.6) is 0 Å². The molecule has 0 aromatic carbocycles. The van der Waals surface area contributed by atoms with E-state index in [4.69, 9.17) is 0 Å². The lowest BCUT2D eigenvalue weighted by Gasteiger charge is -2.22. The Balaban J connectivity index is 1.89. The van der Waals surface area contributed by atoms with E-state index in [1.54, 1.807) is 12.4 Å². The summed E-state index contributed by atoms with van der Waals surface area (Å²) in [6, 6.07) is 0.0969. The van der Waals surface area contributed by atoms with E-state index in [1.165, 1.54) is 0 Å². The molecule has 1 atom stereocenters. The van der Waals surface area contributed by atoms with Gasteiger partial charge in [-0.25, -0.2) is 13.4 Å². The Bertz CT molecular complexity index is 530. The number of nitrogens with one attached hydrogen (secondary N) is 1. The Labute approximate surface area is 120 Å². The number of hydrogen-bond donors (Lipinski definition) is 1. The van der Waals surface area contributed by atoms with E-state index in [0.717, 1.165) is 24.5 Å². The molecule has 0 saturated carbocycles. The average molecular weight is 298 g/mol. The third kappa shape index (κ3) is 4.14. The molecule has 2 heterocycles. The second kappa shape index (κ2) is 6.49. The van der Waals surface area contributed by atoms with Gasteiger partial charge in [-0.15, -0.1) is 0 Å². The highest BCUT2D eigenvalue weighted by molar-refractivity contribution is 7.91. The molecule has 7 heteroatoms. The van der Waals surface area contributed by atoms with Crippen LogP contribution in [0, 0.1) is 0 Å². The zero-order chi connectivity index (χ0) is 14.6. The number of hydrogen-bond acceptors (Lipinski definition) is 6. The van der Waals surface area contributed by atoms with Gasteiger partial charge in [0.15, 0.2) is 9.84 Å². The Morgan fingerprint density at radius 2 is 2.20 bits per heavy atom. The van der Waals surface area contributed by atoms with Crippen LogP contribution in [-0.2, 0) is 16.4 Å². The molecule has 1 aliphatic heterocycles. The van der Waals surface area contributed by atoms with Crippen molar-refractivity contribution in [2.75, 3.05) is 30.4 Å². The monoisotopic (exact) mass is 298 g/mol. The average Bonchev–Trinajstić information content (AvgIpc) is 2.78. The standard InChI is InChI=1S/C13H22N4O2S/c1-3-5-14-13-8-15-11(7-16-13)9-17(2)12-4-6-20(18,19)10-12/h7-8,12H,3-6,9-10H2,1-2H3,(H,14,16).